The molecule has 5 nitrogen and oxygen atoms in total. The van der Waals surface area contributed by atoms with Gasteiger partial charge >= 0.3 is 6.03 Å². The summed E-state index contributed by atoms with van der Waals surface area (Å²) < 4.78 is 1.11. The molecule has 174 valence electrons. The van der Waals surface area contributed by atoms with E-state index in [1.807, 2.05) is 61.7 Å². The first-order valence-electron chi connectivity index (χ1n) is 11.1. The molecule has 2 amide bonds. The number of amides is 2. The van der Waals surface area contributed by atoms with Crippen molar-refractivity contribution in [2.45, 2.75) is 11.8 Å². The maximum Gasteiger partial charge on any atom is 0.323 e. The van der Waals surface area contributed by atoms with E-state index in [4.69, 9.17) is 5.73 Å². The third-order valence-corrected chi connectivity index (χ3v) is 7.51. The Labute approximate surface area is 212 Å². The number of thiophene rings is 1. The molecule has 2 aromatic heterocycles. The van der Waals surface area contributed by atoms with Crippen LogP contribution in [0.25, 0.3) is 32.3 Å². The monoisotopic (exact) mass is 496 g/mol. The molecule has 35 heavy (non-hydrogen) atoms. The van der Waals surface area contributed by atoms with E-state index in [9.17, 15) is 4.79 Å². The van der Waals surface area contributed by atoms with Crippen LogP contribution < -0.4 is 16.4 Å². The summed E-state index contributed by atoms with van der Waals surface area (Å²) in [7, 11) is 0. The van der Waals surface area contributed by atoms with E-state index in [2.05, 4.69) is 51.5 Å². The van der Waals surface area contributed by atoms with Crippen LogP contribution in [-0.4, -0.2) is 17.3 Å². The lowest BCUT2D eigenvalue weighted by Crippen LogP contribution is -2.19. The summed E-state index contributed by atoms with van der Waals surface area (Å²) in [5.41, 5.74) is 13.1. The number of carbonyl (C=O) groups excluding carboxylic acids is 1. The van der Waals surface area contributed by atoms with Crippen molar-refractivity contribution in [3.63, 3.8) is 0 Å². The van der Waals surface area contributed by atoms with Gasteiger partial charge in [-0.25, -0.2) is 9.78 Å². The van der Waals surface area contributed by atoms with Crippen LogP contribution in [0.3, 0.4) is 0 Å². The fraction of sp³-hybridized carbons (Fsp3) is 0.0714. The second-order valence-corrected chi connectivity index (χ2v) is 9.92. The summed E-state index contributed by atoms with van der Waals surface area (Å²) in [6.45, 7) is 1.99. The smallest absolute Gasteiger partial charge is 0.323 e. The molecule has 0 aliphatic carbocycles. The van der Waals surface area contributed by atoms with Gasteiger partial charge in [-0.2, -0.15) is 0 Å². The Morgan fingerprint density at radius 1 is 0.914 bits per heavy atom. The lowest BCUT2D eigenvalue weighted by molar-refractivity contribution is 0.262. The molecule has 0 spiro atoms. The number of urea groups is 1. The molecule has 0 bridgehead atoms. The second kappa shape index (κ2) is 9.82. The highest BCUT2D eigenvalue weighted by Crippen LogP contribution is 2.42. The average molecular weight is 497 g/mol. The fourth-order valence-corrected chi connectivity index (χ4v) is 5.53. The molecule has 2 heterocycles. The number of anilines is 3. The maximum absolute atomic E-state index is 12.4. The molecule has 5 aromatic rings. The first-order chi connectivity index (χ1) is 17.0. The molecule has 0 aliphatic heterocycles. The second-order valence-electron chi connectivity index (χ2n) is 8.17. The number of nitrogens with two attached hydrogens (primary N) is 1. The van der Waals surface area contributed by atoms with Crippen molar-refractivity contribution in [3.05, 3.63) is 89.9 Å². The van der Waals surface area contributed by atoms with Crippen LogP contribution in [-0.2, 0) is 0 Å². The number of benzene rings is 3. The molecule has 0 fully saturated rings. The molecule has 0 atom stereocenters. The van der Waals surface area contributed by atoms with Gasteiger partial charge in [-0.1, -0.05) is 36.4 Å². The van der Waals surface area contributed by atoms with Gasteiger partial charge in [0.05, 0.1) is 0 Å². The quantitative estimate of drug-likeness (QED) is 0.216. The number of rotatable bonds is 5. The van der Waals surface area contributed by atoms with E-state index in [0.717, 1.165) is 43.6 Å². The largest absolute Gasteiger partial charge is 0.383 e. The number of hydrogen-bond donors (Lipinski definition) is 3. The summed E-state index contributed by atoms with van der Waals surface area (Å²) in [4.78, 5) is 18.1. The van der Waals surface area contributed by atoms with Crippen LogP contribution in [0.2, 0.25) is 0 Å². The third-order valence-electron chi connectivity index (χ3n) is 5.76. The van der Waals surface area contributed by atoms with Crippen LogP contribution in [0.15, 0.2) is 89.3 Å². The van der Waals surface area contributed by atoms with E-state index in [0.29, 0.717) is 11.5 Å². The van der Waals surface area contributed by atoms with Crippen LogP contribution in [0, 0.1) is 6.92 Å². The van der Waals surface area contributed by atoms with E-state index in [1.165, 1.54) is 4.90 Å². The normalized spacial score (nSPS) is 10.9. The zero-order valence-electron chi connectivity index (χ0n) is 19.3. The molecular formula is C28H24N4OS2. The molecule has 0 unspecified atom stereocenters. The number of carbonyl (C=O) groups is 1. The molecule has 0 aliphatic rings. The molecule has 0 saturated carbocycles. The van der Waals surface area contributed by atoms with Crippen molar-refractivity contribution < 1.29 is 4.79 Å². The predicted molar refractivity (Wildman–Crippen MR) is 151 cm³/mol. The Balaban J connectivity index is 1.40. The maximum atomic E-state index is 12.4. The average Bonchev–Trinajstić information content (AvgIpc) is 3.31. The lowest BCUT2D eigenvalue weighted by Gasteiger charge is -2.10. The van der Waals surface area contributed by atoms with E-state index in [-0.39, 0.29) is 6.03 Å². The number of fused-ring (bicyclic) bond motifs is 1. The van der Waals surface area contributed by atoms with E-state index < -0.39 is 0 Å². The van der Waals surface area contributed by atoms with Crippen molar-refractivity contribution in [3.8, 4) is 22.3 Å². The van der Waals surface area contributed by atoms with Crippen LogP contribution in [0.5, 0.6) is 0 Å². The Morgan fingerprint density at radius 3 is 2.31 bits per heavy atom. The van der Waals surface area contributed by atoms with Crippen molar-refractivity contribution in [2.75, 3.05) is 22.6 Å². The van der Waals surface area contributed by atoms with E-state index in [1.54, 1.807) is 23.1 Å². The summed E-state index contributed by atoms with van der Waals surface area (Å²) in [6.07, 6.45) is 3.92. The van der Waals surface area contributed by atoms with Gasteiger partial charge in [0.1, 0.15) is 5.82 Å². The van der Waals surface area contributed by atoms with Gasteiger partial charge in [0.2, 0.25) is 0 Å². The molecule has 0 saturated heterocycles. The first kappa shape index (κ1) is 23.0. The van der Waals surface area contributed by atoms with Crippen LogP contribution in [0.1, 0.15) is 5.56 Å². The van der Waals surface area contributed by atoms with Crippen LogP contribution in [0.4, 0.5) is 22.0 Å². The standard InChI is InChI=1S/C28H24N4OS2/c1-17-4-3-5-21(14-17)32-28(33)31-20-10-6-19(7-11-20)24-16-35-26-23(15-30-27(29)25(24)26)18-8-12-22(34-2)13-9-18/h3-16H,1-2H3,(H2,29,30)(H2,31,32,33). The van der Waals surface area contributed by atoms with Gasteiger partial charge in [0.25, 0.3) is 0 Å². The molecule has 7 heteroatoms. The number of nitrogens with zero attached hydrogens (tertiary/aromatic N) is 1. The zero-order valence-corrected chi connectivity index (χ0v) is 21.0. The predicted octanol–water partition coefficient (Wildman–Crippen LogP) is 7.89. The lowest BCUT2D eigenvalue weighted by atomic mass is 10.0. The minimum atomic E-state index is -0.282. The highest BCUT2D eigenvalue weighted by molar-refractivity contribution is 7.98. The SMILES string of the molecule is CSc1ccc(-c2cnc(N)c3c(-c4ccc(NC(=O)Nc5cccc(C)c5)cc4)csc23)cc1. The minimum absolute atomic E-state index is 0.282. The number of thioether (sulfide) groups is 1. The van der Waals surface area contributed by atoms with Gasteiger partial charge in [-0.05, 0) is 71.6 Å². The van der Waals surface area contributed by atoms with E-state index >= 15 is 0 Å². The highest BCUT2D eigenvalue weighted by Gasteiger charge is 2.15. The van der Waals surface area contributed by atoms with Gasteiger partial charge in [0.15, 0.2) is 0 Å². The first-order valence-corrected chi connectivity index (χ1v) is 13.2. The number of nitrogens with one attached hydrogen (secondary N) is 2. The Morgan fingerprint density at radius 2 is 1.60 bits per heavy atom. The van der Waals surface area contributed by atoms with Gasteiger partial charge in [-0.15, -0.1) is 23.1 Å². The van der Waals surface area contributed by atoms with Crippen molar-refractivity contribution in [1.82, 2.24) is 4.98 Å². The van der Waals surface area contributed by atoms with Crippen LogP contribution >= 0.6 is 23.1 Å². The molecule has 3 aromatic carbocycles. The molecule has 4 N–H and O–H groups in total. The summed E-state index contributed by atoms with van der Waals surface area (Å²) in [6, 6.07) is 23.7. The molecule has 5 rings (SSSR count). The van der Waals surface area contributed by atoms with Crippen molar-refractivity contribution >= 4 is 56.4 Å². The minimum Gasteiger partial charge on any atom is -0.383 e. The summed E-state index contributed by atoms with van der Waals surface area (Å²) in [5.74, 6) is 0.514. The van der Waals surface area contributed by atoms with Gasteiger partial charge in [-0.3, -0.25) is 0 Å². The third kappa shape index (κ3) is 4.87. The van der Waals surface area contributed by atoms with Crippen molar-refractivity contribution in [1.29, 1.82) is 0 Å². The number of nitrogen functional groups attached to an aromatic ring is 1. The van der Waals surface area contributed by atoms with Crippen molar-refractivity contribution in [2.24, 2.45) is 0 Å². The number of aryl methyl sites for hydroxylation is 1. The fourth-order valence-electron chi connectivity index (χ4n) is 4.01. The Hall–Kier alpha value is -3.81. The summed E-state index contributed by atoms with van der Waals surface area (Å²) >= 11 is 3.39. The molecular weight excluding hydrogens is 472 g/mol. The molecule has 0 radical (unpaired) electrons. The Bertz CT molecular complexity index is 1510. The topological polar surface area (TPSA) is 80.0 Å². The van der Waals surface area contributed by atoms with Gasteiger partial charge in [0, 0.05) is 43.7 Å². The number of hydrogen-bond acceptors (Lipinski definition) is 5. The van der Waals surface area contributed by atoms with Gasteiger partial charge < -0.3 is 16.4 Å². The Kier molecular flexibility index (Phi) is 6.44. The number of aromatic nitrogens is 1. The zero-order chi connectivity index (χ0) is 24.4. The highest BCUT2D eigenvalue weighted by atomic mass is 32.2. The number of pyridine rings is 1. The summed E-state index contributed by atoms with van der Waals surface area (Å²) in [5, 5.41) is 8.82.